The van der Waals surface area contributed by atoms with Gasteiger partial charge in [0.15, 0.2) is 0 Å². The first-order valence-electron chi connectivity index (χ1n) is 8.79. The van der Waals surface area contributed by atoms with Crippen molar-refractivity contribution in [2.45, 2.75) is 25.9 Å². The van der Waals surface area contributed by atoms with Crippen molar-refractivity contribution in [2.75, 3.05) is 26.2 Å². The topological polar surface area (TPSA) is 84.9 Å². The zero-order valence-corrected chi connectivity index (χ0v) is 15.3. The molecule has 1 aromatic carbocycles. The van der Waals surface area contributed by atoms with Crippen LogP contribution in [0.5, 0.6) is 5.75 Å². The Hall–Kier alpha value is -2.78. The van der Waals surface area contributed by atoms with Gasteiger partial charge in [-0.25, -0.2) is 4.79 Å². The molecule has 1 heterocycles. The number of nitrogens with zero attached hydrogens (tertiary/aromatic N) is 1. The van der Waals surface area contributed by atoms with Crippen LogP contribution in [0.25, 0.3) is 0 Å². The van der Waals surface area contributed by atoms with Gasteiger partial charge in [0.05, 0.1) is 6.61 Å². The van der Waals surface area contributed by atoms with Crippen LogP contribution in [0, 0.1) is 5.92 Å². The summed E-state index contributed by atoms with van der Waals surface area (Å²) in [6, 6.07) is 5.86. The monoisotopic (exact) mass is 402 g/mol. The summed E-state index contributed by atoms with van der Waals surface area (Å²) in [5, 5.41) is 2.73. The molecule has 1 N–H and O–H groups in total. The zero-order chi connectivity index (χ0) is 20.7. The highest BCUT2D eigenvalue weighted by Gasteiger charge is 2.43. The summed E-state index contributed by atoms with van der Waals surface area (Å²) >= 11 is 0. The van der Waals surface area contributed by atoms with E-state index in [1.807, 2.05) is 0 Å². The Labute approximate surface area is 159 Å². The maximum atomic E-state index is 12.4. The third-order valence-corrected chi connectivity index (χ3v) is 4.28. The molecule has 2 rings (SSSR count). The largest absolute Gasteiger partial charge is 0.513 e. The van der Waals surface area contributed by atoms with Crippen molar-refractivity contribution in [3.63, 3.8) is 0 Å². The van der Waals surface area contributed by atoms with Crippen molar-refractivity contribution in [3.8, 4) is 5.75 Å². The predicted molar refractivity (Wildman–Crippen MR) is 91.8 cm³/mol. The molecule has 2 amide bonds. The second-order valence-corrected chi connectivity index (χ2v) is 6.25. The van der Waals surface area contributed by atoms with Crippen LogP contribution in [-0.4, -0.2) is 55.3 Å². The highest BCUT2D eigenvalue weighted by atomic mass is 19.4. The third-order valence-electron chi connectivity index (χ3n) is 4.28. The number of piperidine rings is 1. The Balaban J connectivity index is 1.77. The summed E-state index contributed by atoms with van der Waals surface area (Å²) in [6.07, 6.45) is -4.93. The lowest BCUT2D eigenvalue weighted by Crippen LogP contribution is -2.46. The second kappa shape index (κ2) is 9.43. The molecule has 0 spiro atoms. The average molecular weight is 402 g/mol. The van der Waals surface area contributed by atoms with Crippen LogP contribution in [0.3, 0.4) is 0 Å². The minimum absolute atomic E-state index is 0.00680. The first kappa shape index (κ1) is 21.5. The fourth-order valence-electron chi connectivity index (χ4n) is 2.78. The number of alkyl halides is 3. The lowest BCUT2D eigenvalue weighted by Gasteiger charge is -2.32. The summed E-state index contributed by atoms with van der Waals surface area (Å²) < 4.78 is 46.8. The van der Waals surface area contributed by atoms with Crippen molar-refractivity contribution in [1.82, 2.24) is 10.2 Å². The van der Waals surface area contributed by atoms with Crippen LogP contribution in [0.15, 0.2) is 24.3 Å². The summed E-state index contributed by atoms with van der Waals surface area (Å²) in [4.78, 5) is 35.4. The molecular formula is C18H21F3N2O5. The van der Waals surface area contributed by atoms with E-state index in [1.165, 1.54) is 24.3 Å². The third kappa shape index (κ3) is 6.14. The minimum Gasteiger partial charge on any atom is -0.434 e. The van der Waals surface area contributed by atoms with Crippen molar-refractivity contribution in [1.29, 1.82) is 0 Å². The molecule has 1 aliphatic rings. The first-order chi connectivity index (χ1) is 13.2. The van der Waals surface area contributed by atoms with E-state index in [9.17, 15) is 27.6 Å². The van der Waals surface area contributed by atoms with Crippen LogP contribution in [-0.2, 0) is 9.53 Å². The Bertz CT molecular complexity index is 698. The van der Waals surface area contributed by atoms with E-state index in [0.717, 1.165) is 4.90 Å². The van der Waals surface area contributed by atoms with Gasteiger partial charge in [0.2, 0.25) is 0 Å². The highest BCUT2D eigenvalue weighted by molar-refractivity contribution is 5.94. The average Bonchev–Trinajstić information content (AvgIpc) is 2.66. The fourth-order valence-corrected chi connectivity index (χ4v) is 2.78. The molecule has 0 atom stereocenters. The van der Waals surface area contributed by atoms with E-state index >= 15 is 0 Å². The number of benzene rings is 1. The van der Waals surface area contributed by atoms with Crippen molar-refractivity contribution in [3.05, 3.63) is 29.8 Å². The van der Waals surface area contributed by atoms with E-state index in [2.05, 4.69) is 10.1 Å². The molecule has 1 saturated heterocycles. The molecule has 0 saturated carbocycles. The van der Waals surface area contributed by atoms with E-state index in [0.29, 0.717) is 24.9 Å². The maximum absolute atomic E-state index is 12.4. The highest BCUT2D eigenvalue weighted by Crippen LogP contribution is 2.23. The number of ether oxygens (including phenoxy) is 2. The fraction of sp³-hybridized carbons (Fsp3) is 0.500. The number of carbonyl (C=O) groups excluding carboxylic acids is 3. The molecule has 154 valence electrons. The van der Waals surface area contributed by atoms with Gasteiger partial charge in [-0.1, -0.05) is 0 Å². The number of carbonyl (C=O) groups is 3. The number of nitrogens with one attached hydrogen (secondary N) is 1. The normalized spacial score (nSPS) is 15.1. The molecule has 28 heavy (non-hydrogen) atoms. The molecule has 0 unspecified atom stereocenters. The molecule has 0 aliphatic carbocycles. The SMILES string of the molecule is CCOC(=O)Oc1ccc(C(=O)NCC2CCN(C(=O)C(F)(F)F)CC2)cc1. The minimum atomic E-state index is -4.86. The second-order valence-electron chi connectivity index (χ2n) is 6.25. The molecule has 7 nitrogen and oxygen atoms in total. The van der Waals surface area contributed by atoms with E-state index in [1.54, 1.807) is 6.92 Å². The lowest BCUT2D eigenvalue weighted by molar-refractivity contribution is -0.186. The first-order valence-corrected chi connectivity index (χ1v) is 8.79. The number of rotatable bonds is 5. The number of hydrogen-bond acceptors (Lipinski definition) is 5. The Morgan fingerprint density at radius 1 is 1.14 bits per heavy atom. The number of hydrogen-bond donors (Lipinski definition) is 1. The van der Waals surface area contributed by atoms with Gasteiger partial charge in [-0.15, -0.1) is 0 Å². The summed E-state index contributed by atoms with van der Waals surface area (Å²) in [5.41, 5.74) is 0.348. The molecular weight excluding hydrogens is 381 g/mol. The van der Waals surface area contributed by atoms with Gasteiger partial charge < -0.3 is 19.7 Å². The van der Waals surface area contributed by atoms with Crippen LogP contribution in [0.2, 0.25) is 0 Å². The molecule has 0 bridgehead atoms. The standard InChI is InChI=1S/C18H21F3N2O5/c1-2-27-17(26)28-14-5-3-13(4-6-14)15(24)22-11-12-7-9-23(10-8-12)16(25)18(19,20)21/h3-6,12H,2,7-11H2,1H3,(H,22,24). The van der Waals surface area contributed by atoms with Gasteiger partial charge in [-0.2, -0.15) is 13.2 Å². The summed E-state index contributed by atoms with van der Waals surface area (Å²) in [6.45, 7) is 2.15. The lowest BCUT2D eigenvalue weighted by atomic mass is 9.96. The smallest absolute Gasteiger partial charge is 0.434 e. The Kier molecular flexibility index (Phi) is 7.24. The summed E-state index contributed by atoms with van der Waals surface area (Å²) in [7, 11) is 0. The van der Waals surface area contributed by atoms with Gasteiger partial charge in [0.1, 0.15) is 5.75 Å². The number of halogens is 3. The maximum Gasteiger partial charge on any atom is 0.513 e. The van der Waals surface area contributed by atoms with Crippen molar-refractivity contribution in [2.24, 2.45) is 5.92 Å². The van der Waals surface area contributed by atoms with Crippen LogP contribution < -0.4 is 10.1 Å². The van der Waals surface area contributed by atoms with Crippen LogP contribution in [0.4, 0.5) is 18.0 Å². The summed E-state index contributed by atoms with van der Waals surface area (Å²) in [5.74, 6) is -1.94. The number of likely N-dealkylation sites (tertiary alicyclic amines) is 1. The molecule has 1 fully saturated rings. The van der Waals surface area contributed by atoms with E-state index in [4.69, 9.17) is 4.74 Å². The van der Waals surface area contributed by atoms with Crippen molar-refractivity contribution < 1.29 is 37.0 Å². The molecule has 0 radical (unpaired) electrons. The zero-order valence-electron chi connectivity index (χ0n) is 15.3. The number of amides is 2. The van der Waals surface area contributed by atoms with Gasteiger partial charge >= 0.3 is 18.2 Å². The van der Waals surface area contributed by atoms with Gasteiger partial charge in [0.25, 0.3) is 5.91 Å². The molecule has 1 aromatic rings. The quantitative estimate of drug-likeness (QED) is 0.605. The van der Waals surface area contributed by atoms with Gasteiger partial charge in [-0.3, -0.25) is 9.59 Å². The van der Waals surface area contributed by atoms with E-state index in [-0.39, 0.29) is 37.3 Å². The Morgan fingerprint density at radius 3 is 2.29 bits per heavy atom. The van der Waals surface area contributed by atoms with Gasteiger partial charge in [-0.05, 0) is 49.9 Å². The van der Waals surface area contributed by atoms with Crippen molar-refractivity contribution >= 4 is 18.0 Å². The Morgan fingerprint density at radius 2 is 1.75 bits per heavy atom. The molecule has 0 aromatic heterocycles. The molecule has 10 heteroatoms. The van der Waals surface area contributed by atoms with Crippen LogP contribution in [0.1, 0.15) is 30.1 Å². The van der Waals surface area contributed by atoms with Gasteiger partial charge in [0, 0.05) is 25.2 Å². The molecule has 1 aliphatic heterocycles. The van der Waals surface area contributed by atoms with Crippen LogP contribution >= 0.6 is 0 Å². The predicted octanol–water partition coefficient (Wildman–Crippen LogP) is 2.75. The van der Waals surface area contributed by atoms with E-state index < -0.39 is 18.2 Å².